The Labute approximate surface area is 169 Å². The van der Waals surface area contributed by atoms with Gasteiger partial charge in [0.15, 0.2) is 5.96 Å². The smallest absolute Gasteiger partial charge is 0.191 e. The van der Waals surface area contributed by atoms with Crippen molar-refractivity contribution in [3.63, 3.8) is 0 Å². The second-order valence-electron chi connectivity index (χ2n) is 6.23. The van der Waals surface area contributed by atoms with Gasteiger partial charge >= 0.3 is 0 Å². The molecule has 1 aliphatic rings. The van der Waals surface area contributed by atoms with Crippen molar-refractivity contribution >= 4 is 29.9 Å². The lowest BCUT2D eigenvalue weighted by Gasteiger charge is -2.26. The normalized spacial score (nSPS) is 15.5. The molecule has 0 saturated carbocycles. The first kappa shape index (κ1) is 22.2. The van der Waals surface area contributed by atoms with Gasteiger partial charge < -0.3 is 15.4 Å². The van der Waals surface area contributed by atoms with Crippen molar-refractivity contribution in [2.45, 2.75) is 26.7 Å². The molecule has 2 N–H and O–H groups in total. The van der Waals surface area contributed by atoms with Crippen LogP contribution in [0.2, 0.25) is 0 Å². The summed E-state index contributed by atoms with van der Waals surface area (Å²) in [5, 5.41) is 6.76. The monoisotopic (exact) mass is 460 g/mol. The lowest BCUT2D eigenvalue weighted by molar-refractivity contribution is 0.0377. The fourth-order valence-corrected chi connectivity index (χ4v) is 2.84. The predicted molar refractivity (Wildman–Crippen MR) is 116 cm³/mol. The van der Waals surface area contributed by atoms with Gasteiger partial charge in [0.25, 0.3) is 0 Å². The van der Waals surface area contributed by atoms with Gasteiger partial charge in [-0.2, -0.15) is 0 Å². The zero-order chi connectivity index (χ0) is 17.0. The highest BCUT2D eigenvalue weighted by molar-refractivity contribution is 14.0. The molecule has 1 aromatic rings. The lowest BCUT2D eigenvalue weighted by Crippen LogP contribution is -2.39. The van der Waals surface area contributed by atoms with Crippen molar-refractivity contribution in [3.8, 4) is 0 Å². The van der Waals surface area contributed by atoms with Gasteiger partial charge in [0.05, 0.1) is 13.2 Å². The fourth-order valence-electron chi connectivity index (χ4n) is 2.84. The Hall–Kier alpha value is -0.860. The van der Waals surface area contributed by atoms with Gasteiger partial charge in [0.2, 0.25) is 0 Å². The van der Waals surface area contributed by atoms with E-state index in [1.165, 1.54) is 11.1 Å². The fraction of sp³-hybridized carbons (Fsp3) is 0.632. The molecule has 25 heavy (non-hydrogen) atoms. The molecule has 0 radical (unpaired) electrons. The average molecular weight is 460 g/mol. The van der Waals surface area contributed by atoms with Gasteiger partial charge in [-0.05, 0) is 32.3 Å². The summed E-state index contributed by atoms with van der Waals surface area (Å²) in [5.41, 5.74) is 2.68. The Balaban J connectivity index is 0.00000312. The van der Waals surface area contributed by atoms with Gasteiger partial charge in [0, 0.05) is 39.3 Å². The van der Waals surface area contributed by atoms with Crippen LogP contribution in [0.4, 0.5) is 0 Å². The Morgan fingerprint density at radius 3 is 2.76 bits per heavy atom. The molecule has 1 saturated heterocycles. The van der Waals surface area contributed by atoms with E-state index >= 15 is 0 Å². The number of hydrogen-bond donors (Lipinski definition) is 2. The molecule has 1 aromatic carbocycles. The van der Waals surface area contributed by atoms with Gasteiger partial charge in [-0.1, -0.05) is 29.8 Å². The number of rotatable bonds is 8. The lowest BCUT2D eigenvalue weighted by atomic mass is 10.1. The standard InChI is InChI=1S/C19H32N4O.HI/c1-3-20-19(21-9-5-11-23-12-14-24-15-13-23)22-10-8-18-7-4-6-17(2)16-18;/h4,6-7,16H,3,5,8-15H2,1-2H3,(H2,20,21,22);1H. The van der Waals surface area contributed by atoms with Gasteiger partial charge in [-0.3, -0.25) is 9.89 Å². The molecule has 0 bridgehead atoms. The van der Waals surface area contributed by atoms with Crippen LogP contribution in [-0.4, -0.2) is 63.3 Å². The molecule has 0 unspecified atom stereocenters. The van der Waals surface area contributed by atoms with Gasteiger partial charge in [-0.15, -0.1) is 24.0 Å². The topological polar surface area (TPSA) is 48.9 Å². The van der Waals surface area contributed by atoms with E-state index < -0.39 is 0 Å². The van der Waals surface area contributed by atoms with Crippen molar-refractivity contribution in [2.24, 2.45) is 4.99 Å². The van der Waals surface area contributed by atoms with Crippen molar-refractivity contribution in [3.05, 3.63) is 35.4 Å². The first-order chi connectivity index (χ1) is 11.8. The average Bonchev–Trinajstić information content (AvgIpc) is 2.59. The number of benzene rings is 1. The maximum atomic E-state index is 5.38. The van der Waals surface area contributed by atoms with E-state index in [0.29, 0.717) is 0 Å². The number of nitrogens with zero attached hydrogens (tertiary/aromatic N) is 2. The summed E-state index contributed by atoms with van der Waals surface area (Å²) in [6.45, 7) is 11.8. The van der Waals surface area contributed by atoms with Crippen LogP contribution >= 0.6 is 24.0 Å². The summed E-state index contributed by atoms with van der Waals surface area (Å²) in [5.74, 6) is 0.923. The zero-order valence-corrected chi connectivity index (χ0v) is 17.9. The molecule has 0 aliphatic carbocycles. The van der Waals surface area contributed by atoms with Crippen LogP contribution < -0.4 is 10.6 Å². The summed E-state index contributed by atoms with van der Waals surface area (Å²) >= 11 is 0. The van der Waals surface area contributed by atoms with Crippen molar-refractivity contribution in [1.29, 1.82) is 0 Å². The molecular weight excluding hydrogens is 427 g/mol. The number of guanidine groups is 1. The summed E-state index contributed by atoms with van der Waals surface area (Å²) < 4.78 is 5.38. The summed E-state index contributed by atoms with van der Waals surface area (Å²) in [7, 11) is 0. The maximum Gasteiger partial charge on any atom is 0.191 e. The third-order valence-corrected chi connectivity index (χ3v) is 4.14. The predicted octanol–water partition coefficient (Wildman–Crippen LogP) is 2.43. The zero-order valence-electron chi connectivity index (χ0n) is 15.6. The summed E-state index contributed by atoms with van der Waals surface area (Å²) in [6.07, 6.45) is 2.11. The second-order valence-corrected chi connectivity index (χ2v) is 6.23. The highest BCUT2D eigenvalue weighted by atomic mass is 127. The molecule has 0 aromatic heterocycles. The van der Waals surface area contributed by atoms with Crippen LogP contribution in [0.15, 0.2) is 29.3 Å². The third-order valence-electron chi connectivity index (χ3n) is 4.14. The van der Waals surface area contributed by atoms with Crippen LogP contribution in [0.5, 0.6) is 0 Å². The Morgan fingerprint density at radius 2 is 2.04 bits per heavy atom. The molecule has 0 spiro atoms. The molecule has 0 atom stereocenters. The first-order valence-electron chi connectivity index (χ1n) is 9.16. The molecular formula is C19H33IN4O. The van der Waals surface area contributed by atoms with Crippen LogP contribution in [0.3, 0.4) is 0 Å². The third kappa shape index (κ3) is 9.42. The second kappa shape index (κ2) is 13.4. The molecule has 1 heterocycles. The minimum absolute atomic E-state index is 0. The van der Waals surface area contributed by atoms with E-state index in [4.69, 9.17) is 4.74 Å². The summed E-state index contributed by atoms with van der Waals surface area (Å²) in [6, 6.07) is 8.68. The molecule has 142 valence electrons. The highest BCUT2D eigenvalue weighted by Crippen LogP contribution is 2.04. The Kier molecular flexibility index (Phi) is 11.9. The molecule has 1 fully saturated rings. The number of halogens is 1. The van der Waals surface area contributed by atoms with Crippen molar-refractivity contribution in [2.75, 3.05) is 52.5 Å². The number of morpholine rings is 1. The number of hydrogen-bond acceptors (Lipinski definition) is 3. The van der Waals surface area contributed by atoms with Gasteiger partial charge in [-0.25, -0.2) is 0 Å². The SMILES string of the molecule is CCNC(=NCCCN1CCOCC1)NCCc1cccc(C)c1.I. The number of nitrogens with one attached hydrogen (secondary N) is 2. The maximum absolute atomic E-state index is 5.38. The minimum Gasteiger partial charge on any atom is -0.379 e. The van der Waals surface area contributed by atoms with Crippen LogP contribution in [0, 0.1) is 6.92 Å². The van der Waals surface area contributed by atoms with Gasteiger partial charge in [0.1, 0.15) is 0 Å². The van der Waals surface area contributed by atoms with E-state index in [9.17, 15) is 0 Å². The number of ether oxygens (including phenoxy) is 1. The Morgan fingerprint density at radius 1 is 1.24 bits per heavy atom. The van der Waals surface area contributed by atoms with E-state index in [2.05, 4.69) is 58.6 Å². The highest BCUT2D eigenvalue weighted by Gasteiger charge is 2.08. The molecule has 1 aliphatic heterocycles. The van der Waals surface area contributed by atoms with Crippen LogP contribution in [0.1, 0.15) is 24.5 Å². The molecule has 5 nitrogen and oxygen atoms in total. The molecule has 0 amide bonds. The van der Waals surface area contributed by atoms with Crippen LogP contribution in [0.25, 0.3) is 0 Å². The summed E-state index contributed by atoms with van der Waals surface area (Å²) in [4.78, 5) is 7.14. The number of aryl methyl sites for hydroxylation is 1. The van der Waals surface area contributed by atoms with Crippen molar-refractivity contribution in [1.82, 2.24) is 15.5 Å². The number of aliphatic imine (C=N–C) groups is 1. The van der Waals surface area contributed by atoms with Crippen molar-refractivity contribution < 1.29 is 4.74 Å². The van der Waals surface area contributed by atoms with E-state index in [0.717, 1.165) is 71.3 Å². The minimum atomic E-state index is 0. The Bertz CT molecular complexity index is 504. The molecule has 2 rings (SSSR count). The van der Waals surface area contributed by atoms with Crippen LogP contribution in [-0.2, 0) is 11.2 Å². The van der Waals surface area contributed by atoms with E-state index in [1.54, 1.807) is 0 Å². The quantitative estimate of drug-likeness (QED) is 0.271. The largest absolute Gasteiger partial charge is 0.379 e. The molecule has 6 heteroatoms. The van der Waals surface area contributed by atoms with E-state index in [1.807, 2.05) is 0 Å². The van der Waals surface area contributed by atoms with E-state index in [-0.39, 0.29) is 24.0 Å². The first-order valence-corrected chi connectivity index (χ1v) is 9.16.